The van der Waals surface area contributed by atoms with Gasteiger partial charge in [-0.25, -0.2) is 4.90 Å². The van der Waals surface area contributed by atoms with E-state index in [4.69, 9.17) is 4.74 Å². The third-order valence-electron chi connectivity index (χ3n) is 3.83. The van der Waals surface area contributed by atoms with Crippen LogP contribution in [0, 0.1) is 0 Å². The van der Waals surface area contributed by atoms with Crippen LogP contribution in [0.15, 0.2) is 53.4 Å². The van der Waals surface area contributed by atoms with E-state index in [1.165, 1.54) is 16.9 Å². The Kier molecular flexibility index (Phi) is 5.16. The lowest BCUT2D eigenvalue weighted by Crippen LogP contribution is -2.32. The molecule has 0 spiro atoms. The van der Waals surface area contributed by atoms with Crippen LogP contribution in [0.25, 0.3) is 0 Å². The molecule has 2 aromatic carbocycles. The molecule has 0 aliphatic carbocycles. The Hall–Kier alpha value is -1.92. The number of imide groups is 1. The molecule has 4 nitrogen and oxygen atoms in total. The van der Waals surface area contributed by atoms with Crippen LogP contribution in [0.3, 0.4) is 0 Å². The van der Waals surface area contributed by atoms with E-state index in [9.17, 15) is 9.59 Å². The molecule has 0 bridgehead atoms. The molecule has 24 heavy (non-hydrogen) atoms. The summed E-state index contributed by atoms with van der Waals surface area (Å²) in [6, 6.07) is 15.2. The van der Waals surface area contributed by atoms with Gasteiger partial charge in [-0.15, -0.1) is 11.8 Å². The summed E-state index contributed by atoms with van der Waals surface area (Å²) < 4.78 is 5.28. The number of para-hydroxylation sites is 2. The van der Waals surface area contributed by atoms with Gasteiger partial charge in [0.2, 0.25) is 5.91 Å². The van der Waals surface area contributed by atoms with Gasteiger partial charge in [0.05, 0.1) is 18.0 Å². The van der Waals surface area contributed by atoms with Crippen LogP contribution < -0.4 is 9.64 Å². The Balaban J connectivity index is 1.81. The van der Waals surface area contributed by atoms with Gasteiger partial charge in [0.15, 0.2) is 0 Å². The first-order valence-electron chi connectivity index (χ1n) is 7.44. The number of benzene rings is 2. The number of anilines is 1. The highest BCUT2D eigenvalue weighted by Crippen LogP contribution is 2.37. The normalized spacial score (nSPS) is 17.4. The van der Waals surface area contributed by atoms with Crippen molar-refractivity contribution in [3.8, 4) is 5.75 Å². The zero-order valence-corrected chi connectivity index (χ0v) is 15.0. The third-order valence-corrected chi connectivity index (χ3v) is 5.61. The van der Waals surface area contributed by atoms with E-state index in [1.54, 1.807) is 30.0 Å². The summed E-state index contributed by atoms with van der Waals surface area (Å²) in [7, 11) is 1.53. The van der Waals surface area contributed by atoms with Crippen molar-refractivity contribution >= 4 is 40.4 Å². The highest BCUT2D eigenvalue weighted by atomic mass is 32.2. The largest absolute Gasteiger partial charge is 0.495 e. The maximum Gasteiger partial charge on any atom is 0.293 e. The van der Waals surface area contributed by atoms with E-state index >= 15 is 0 Å². The lowest BCUT2D eigenvalue weighted by Gasteiger charge is -2.17. The number of carbonyl (C=O) groups is 2. The second kappa shape index (κ2) is 7.32. The number of amides is 2. The van der Waals surface area contributed by atoms with Gasteiger partial charge < -0.3 is 4.74 Å². The van der Waals surface area contributed by atoms with Gasteiger partial charge in [0.25, 0.3) is 5.24 Å². The van der Waals surface area contributed by atoms with Gasteiger partial charge in [-0.2, -0.15) is 0 Å². The monoisotopic (exact) mass is 359 g/mol. The molecule has 1 heterocycles. The molecule has 0 unspecified atom stereocenters. The van der Waals surface area contributed by atoms with Crippen molar-refractivity contribution < 1.29 is 14.3 Å². The average molecular weight is 359 g/mol. The van der Waals surface area contributed by atoms with Crippen molar-refractivity contribution in [2.24, 2.45) is 0 Å². The summed E-state index contributed by atoms with van der Waals surface area (Å²) in [5.41, 5.74) is 1.55. The third kappa shape index (κ3) is 3.30. The molecule has 124 valence electrons. The quantitative estimate of drug-likeness (QED) is 0.748. The molecule has 1 fully saturated rings. The van der Waals surface area contributed by atoms with Crippen molar-refractivity contribution in [2.75, 3.05) is 18.3 Å². The molecule has 2 amide bonds. The molecule has 1 aliphatic rings. The first-order valence-corrected chi connectivity index (χ1v) is 9.55. The molecular formula is C18H17NO3S2. The molecule has 1 saturated heterocycles. The predicted molar refractivity (Wildman–Crippen MR) is 99.2 cm³/mol. The van der Waals surface area contributed by atoms with E-state index in [1.807, 2.05) is 36.6 Å². The average Bonchev–Trinajstić information content (AvgIpc) is 2.89. The van der Waals surface area contributed by atoms with E-state index in [-0.39, 0.29) is 11.1 Å². The summed E-state index contributed by atoms with van der Waals surface area (Å²) in [5.74, 6) is 0.327. The molecule has 6 heteroatoms. The van der Waals surface area contributed by atoms with E-state index in [0.717, 1.165) is 17.3 Å². The van der Waals surface area contributed by atoms with Gasteiger partial charge in [-0.3, -0.25) is 9.59 Å². The minimum Gasteiger partial charge on any atom is -0.495 e. The zero-order chi connectivity index (χ0) is 17.1. The summed E-state index contributed by atoms with van der Waals surface area (Å²) in [5, 5.41) is -0.655. The van der Waals surface area contributed by atoms with Crippen LogP contribution in [0.5, 0.6) is 5.75 Å². The van der Waals surface area contributed by atoms with Gasteiger partial charge in [-0.05, 0) is 42.5 Å². The number of thioether (sulfide) groups is 2. The fourth-order valence-corrected chi connectivity index (χ4v) is 4.02. The van der Waals surface area contributed by atoms with Crippen molar-refractivity contribution in [1.29, 1.82) is 0 Å². The molecule has 1 atom stereocenters. The Morgan fingerprint density at radius 1 is 1.12 bits per heavy atom. The van der Waals surface area contributed by atoms with Gasteiger partial charge >= 0.3 is 0 Å². The van der Waals surface area contributed by atoms with Crippen molar-refractivity contribution in [3.05, 3.63) is 54.1 Å². The zero-order valence-electron chi connectivity index (χ0n) is 13.4. The number of methoxy groups -OCH3 is 1. The highest BCUT2D eigenvalue weighted by Gasteiger charge is 2.41. The summed E-state index contributed by atoms with van der Waals surface area (Å²) in [6.45, 7) is 0. The van der Waals surface area contributed by atoms with E-state index in [2.05, 4.69) is 0 Å². The summed E-state index contributed by atoms with van der Waals surface area (Å²) >= 11 is 2.75. The first-order chi connectivity index (χ1) is 11.6. The van der Waals surface area contributed by atoms with Gasteiger partial charge in [0.1, 0.15) is 5.75 Å². The van der Waals surface area contributed by atoms with Gasteiger partial charge in [-0.1, -0.05) is 36.0 Å². The Morgan fingerprint density at radius 2 is 1.83 bits per heavy atom. The molecule has 0 saturated carbocycles. The van der Waals surface area contributed by atoms with Gasteiger partial charge in [0, 0.05) is 4.90 Å². The molecule has 0 aromatic heterocycles. The standard InChI is InChI=1S/C18H17NO3S2/c1-22-15-6-4-3-5-14(15)19-17(20)16(24-18(19)21)11-12-7-9-13(23-2)10-8-12/h3-10,16H,11H2,1-2H3/t16-/m1/s1. The second-order valence-corrected chi connectivity index (χ2v) is 7.30. The van der Waals surface area contributed by atoms with E-state index < -0.39 is 5.25 Å². The second-order valence-electron chi connectivity index (χ2n) is 5.27. The SMILES string of the molecule is COc1ccccc1N1C(=O)S[C@H](Cc2ccc(SC)cc2)C1=O. The molecular weight excluding hydrogens is 342 g/mol. The predicted octanol–water partition coefficient (Wildman–Crippen LogP) is 4.23. The maximum atomic E-state index is 12.7. The van der Waals surface area contributed by atoms with Crippen LogP contribution in [-0.4, -0.2) is 29.8 Å². The lowest BCUT2D eigenvalue weighted by molar-refractivity contribution is -0.117. The topological polar surface area (TPSA) is 46.6 Å². The molecule has 2 aromatic rings. The smallest absolute Gasteiger partial charge is 0.293 e. The van der Waals surface area contributed by atoms with Crippen LogP contribution >= 0.6 is 23.5 Å². The highest BCUT2D eigenvalue weighted by molar-refractivity contribution is 8.15. The number of hydrogen-bond donors (Lipinski definition) is 0. The Bertz CT molecular complexity index is 761. The number of ether oxygens (including phenoxy) is 1. The molecule has 1 aliphatic heterocycles. The molecule has 3 rings (SSSR count). The minimum absolute atomic E-state index is 0.191. The van der Waals surface area contributed by atoms with Crippen LogP contribution in [0.4, 0.5) is 10.5 Å². The lowest BCUT2D eigenvalue weighted by atomic mass is 10.1. The van der Waals surface area contributed by atoms with Crippen LogP contribution in [0.2, 0.25) is 0 Å². The summed E-state index contributed by atoms with van der Waals surface area (Å²) in [6.07, 6.45) is 2.56. The minimum atomic E-state index is -0.400. The Labute approximate surface area is 149 Å². The first kappa shape index (κ1) is 16.9. The number of carbonyl (C=O) groups excluding carboxylic acids is 2. The van der Waals surface area contributed by atoms with Crippen molar-refractivity contribution in [2.45, 2.75) is 16.6 Å². The molecule has 0 radical (unpaired) electrons. The van der Waals surface area contributed by atoms with E-state index in [0.29, 0.717) is 17.9 Å². The van der Waals surface area contributed by atoms with Crippen molar-refractivity contribution in [1.82, 2.24) is 0 Å². The fourth-order valence-electron chi connectivity index (χ4n) is 2.60. The number of rotatable bonds is 5. The van der Waals surface area contributed by atoms with Crippen LogP contribution in [0.1, 0.15) is 5.56 Å². The molecule has 0 N–H and O–H groups in total. The van der Waals surface area contributed by atoms with Crippen LogP contribution in [-0.2, 0) is 11.2 Å². The number of hydrogen-bond acceptors (Lipinski definition) is 5. The fraction of sp³-hybridized carbons (Fsp3) is 0.222. The summed E-state index contributed by atoms with van der Waals surface area (Å²) in [4.78, 5) is 27.5. The van der Waals surface area contributed by atoms with Crippen molar-refractivity contribution in [3.63, 3.8) is 0 Å². The maximum absolute atomic E-state index is 12.7. The number of nitrogens with zero attached hydrogens (tertiary/aromatic N) is 1. The Morgan fingerprint density at radius 3 is 2.50 bits per heavy atom.